The summed E-state index contributed by atoms with van der Waals surface area (Å²) in [4.78, 5) is 32.7. The Morgan fingerprint density at radius 1 is 1.08 bits per heavy atom. The lowest BCUT2D eigenvalue weighted by atomic mass is 9.95. The maximum atomic E-state index is 13.4. The van der Waals surface area contributed by atoms with Crippen LogP contribution in [-0.2, 0) is 9.59 Å². The zero-order valence-corrected chi connectivity index (χ0v) is 21.0. The van der Waals surface area contributed by atoms with E-state index in [4.69, 9.17) is 21.1 Å². The number of carbonyl (C=O) groups excluding carboxylic acids is 2. The molecule has 0 bridgehead atoms. The smallest absolute Gasteiger partial charge is 0.301 e. The van der Waals surface area contributed by atoms with Gasteiger partial charge in [0.15, 0.2) is 5.13 Å². The van der Waals surface area contributed by atoms with Crippen molar-refractivity contribution in [1.82, 2.24) is 4.98 Å². The van der Waals surface area contributed by atoms with Gasteiger partial charge in [-0.1, -0.05) is 35.1 Å². The second kappa shape index (κ2) is 9.64. The summed E-state index contributed by atoms with van der Waals surface area (Å²) in [5.74, 6) is -0.628. The van der Waals surface area contributed by atoms with Gasteiger partial charge in [-0.05, 0) is 67.1 Å². The Morgan fingerprint density at radius 3 is 2.58 bits per heavy atom. The summed E-state index contributed by atoms with van der Waals surface area (Å²) in [6, 6.07) is 18.0. The van der Waals surface area contributed by atoms with Crippen LogP contribution in [-0.4, -0.2) is 35.5 Å². The molecule has 1 unspecified atom stereocenters. The van der Waals surface area contributed by atoms with Crippen molar-refractivity contribution in [2.24, 2.45) is 0 Å². The Morgan fingerprint density at radius 2 is 1.86 bits per heavy atom. The highest BCUT2D eigenvalue weighted by atomic mass is 35.5. The third-order valence-corrected chi connectivity index (χ3v) is 7.11. The van der Waals surface area contributed by atoms with Crippen molar-refractivity contribution < 1.29 is 24.2 Å². The van der Waals surface area contributed by atoms with Crippen molar-refractivity contribution in [3.05, 3.63) is 88.5 Å². The zero-order chi connectivity index (χ0) is 25.4. The average molecular weight is 521 g/mol. The Hall–Kier alpha value is -3.88. The van der Waals surface area contributed by atoms with E-state index in [1.807, 2.05) is 25.1 Å². The number of rotatable bonds is 6. The number of aromatic nitrogens is 1. The van der Waals surface area contributed by atoms with E-state index in [0.29, 0.717) is 44.9 Å². The van der Waals surface area contributed by atoms with Crippen LogP contribution in [0.4, 0.5) is 5.13 Å². The summed E-state index contributed by atoms with van der Waals surface area (Å²) in [6.45, 7) is 2.42. The Kier molecular flexibility index (Phi) is 6.38. The first kappa shape index (κ1) is 23.8. The number of ketones is 1. The van der Waals surface area contributed by atoms with Crippen LogP contribution in [0.3, 0.4) is 0 Å². The van der Waals surface area contributed by atoms with Gasteiger partial charge in [0.25, 0.3) is 5.78 Å². The number of aliphatic hydroxyl groups excluding tert-OH is 1. The third kappa shape index (κ3) is 4.19. The number of amides is 1. The van der Waals surface area contributed by atoms with E-state index in [1.54, 1.807) is 48.5 Å². The molecular weight excluding hydrogens is 500 g/mol. The molecule has 182 valence electrons. The number of Topliss-reactive ketones (excluding diaryl/α,β-unsaturated/α-hetero) is 1. The topological polar surface area (TPSA) is 89.0 Å². The van der Waals surface area contributed by atoms with Crippen molar-refractivity contribution in [2.75, 3.05) is 18.6 Å². The highest BCUT2D eigenvalue weighted by molar-refractivity contribution is 7.22. The molecule has 2 heterocycles. The third-order valence-electron chi connectivity index (χ3n) is 5.84. The van der Waals surface area contributed by atoms with Gasteiger partial charge in [-0.3, -0.25) is 14.5 Å². The monoisotopic (exact) mass is 520 g/mol. The van der Waals surface area contributed by atoms with E-state index in [9.17, 15) is 14.7 Å². The Balaban J connectivity index is 1.70. The van der Waals surface area contributed by atoms with E-state index in [1.165, 1.54) is 23.3 Å². The van der Waals surface area contributed by atoms with Crippen LogP contribution in [0.15, 0.2) is 72.3 Å². The second-order valence-electron chi connectivity index (χ2n) is 8.01. The van der Waals surface area contributed by atoms with Gasteiger partial charge >= 0.3 is 5.91 Å². The molecule has 1 N–H and O–H groups in total. The molecule has 1 aromatic heterocycles. The Bertz CT molecular complexity index is 1510. The normalized spacial score (nSPS) is 17.1. The number of aliphatic hydroxyl groups is 1. The molecule has 1 aliphatic rings. The van der Waals surface area contributed by atoms with E-state index >= 15 is 0 Å². The average Bonchev–Trinajstić information content (AvgIpc) is 3.42. The van der Waals surface area contributed by atoms with Crippen molar-refractivity contribution in [3.8, 4) is 11.5 Å². The van der Waals surface area contributed by atoms with Crippen LogP contribution in [0.25, 0.3) is 16.0 Å². The number of hydrogen-bond acceptors (Lipinski definition) is 7. The van der Waals surface area contributed by atoms with Crippen LogP contribution in [0, 0.1) is 0 Å². The van der Waals surface area contributed by atoms with Crippen LogP contribution >= 0.6 is 22.9 Å². The number of nitrogens with zero attached hydrogens (tertiary/aromatic N) is 2. The van der Waals surface area contributed by atoms with Gasteiger partial charge < -0.3 is 14.6 Å². The van der Waals surface area contributed by atoms with E-state index < -0.39 is 17.7 Å². The Labute approximate surface area is 216 Å². The molecule has 1 amide bonds. The highest BCUT2D eigenvalue weighted by Gasteiger charge is 2.48. The molecule has 0 aliphatic carbocycles. The minimum absolute atomic E-state index is 0.0372. The number of fused-ring (bicyclic) bond motifs is 1. The van der Waals surface area contributed by atoms with E-state index in [-0.39, 0.29) is 11.3 Å². The number of thiazole rings is 1. The van der Waals surface area contributed by atoms with Gasteiger partial charge in [-0.15, -0.1) is 0 Å². The van der Waals surface area contributed by atoms with Gasteiger partial charge in [-0.2, -0.15) is 0 Å². The number of hydrogen-bond donors (Lipinski definition) is 1. The summed E-state index contributed by atoms with van der Waals surface area (Å²) in [5.41, 5.74) is 1.60. The van der Waals surface area contributed by atoms with Gasteiger partial charge in [0.2, 0.25) is 0 Å². The summed E-state index contributed by atoms with van der Waals surface area (Å²) < 4.78 is 11.8. The summed E-state index contributed by atoms with van der Waals surface area (Å²) in [5, 5.41) is 12.0. The minimum atomic E-state index is -0.914. The number of carbonyl (C=O) groups is 2. The molecule has 1 fully saturated rings. The largest absolute Gasteiger partial charge is 0.507 e. The van der Waals surface area contributed by atoms with Crippen LogP contribution in [0.1, 0.15) is 24.1 Å². The maximum absolute atomic E-state index is 13.4. The predicted molar refractivity (Wildman–Crippen MR) is 140 cm³/mol. The fourth-order valence-corrected chi connectivity index (χ4v) is 5.32. The van der Waals surface area contributed by atoms with Crippen molar-refractivity contribution >= 4 is 55.7 Å². The summed E-state index contributed by atoms with van der Waals surface area (Å²) in [6.07, 6.45) is 0. The lowest BCUT2D eigenvalue weighted by Crippen LogP contribution is -2.29. The maximum Gasteiger partial charge on any atom is 0.301 e. The molecule has 3 aromatic carbocycles. The first-order valence-electron chi connectivity index (χ1n) is 11.2. The molecule has 1 saturated heterocycles. The number of ether oxygens (including phenoxy) is 2. The molecule has 0 spiro atoms. The number of benzene rings is 3. The molecule has 0 radical (unpaired) electrons. The molecule has 9 heteroatoms. The predicted octanol–water partition coefficient (Wildman–Crippen LogP) is 5.98. The van der Waals surface area contributed by atoms with Crippen molar-refractivity contribution in [1.29, 1.82) is 0 Å². The standard InChI is InChI=1S/C27H21ClN2O5S/c1-3-35-19-11-12-20-21(14-19)36-27(29-20)30-23(16-5-4-6-18(13-16)34-2)22(25(32)26(30)33)24(31)15-7-9-17(28)10-8-15/h4-14,23,31H,3H2,1-2H3. The van der Waals surface area contributed by atoms with E-state index in [2.05, 4.69) is 4.98 Å². The number of anilines is 1. The van der Waals surface area contributed by atoms with Crippen molar-refractivity contribution in [3.63, 3.8) is 0 Å². The minimum Gasteiger partial charge on any atom is -0.507 e. The van der Waals surface area contributed by atoms with Gasteiger partial charge in [0.05, 0.1) is 35.5 Å². The summed E-state index contributed by atoms with van der Waals surface area (Å²) >= 11 is 7.27. The van der Waals surface area contributed by atoms with Gasteiger partial charge in [-0.25, -0.2) is 4.98 Å². The lowest BCUT2D eigenvalue weighted by molar-refractivity contribution is -0.132. The molecule has 7 nitrogen and oxygen atoms in total. The molecule has 4 aromatic rings. The number of halogens is 1. The van der Waals surface area contributed by atoms with Crippen LogP contribution in [0.5, 0.6) is 11.5 Å². The lowest BCUT2D eigenvalue weighted by Gasteiger charge is -2.23. The van der Waals surface area contributed by atoms with Crippen LogP contribution < -0.4 is 14.4 Å². The quantitative estimate of drug-likeness (QED) is 0.191. The fraction of sp³-hybridized carbons (Fsp3) is 0.148. The highest BCUT2D eigenvalue weighted by Crippen LogP contribution is 2.45. The molecule has 0 saturated carbocycles. The molecule has 1 aliphatic heterocycles. The number of methoxy groups -OCH3 is 1. The molecule has 1 atom stereocenters. The van der Waals surface area contributed by atoms with Crippen LogP contribution in [0.2, 0.25) is 5.02 Å². The van der Waals surface area contributed by atoms with E-state index in [0.717, 1.165) is 4.70 Å². The zero-order valence-electron chi connectivity index (χ0n) is 19.4. The van der Waals surface area contributed by atoms with Gasteiger partial charge in [0, 0.05) is 10.6 Å². The first-order valence-corrected chi connectivity index (χ1v) is 12.3. The van der Waals surface area contributed by atoms with Gasteiger partial charge in [0.1, 0.15) is 17.3 Å². The molecule has 36 heavy (non-hydrogen) atoms. The molecular formula is C27H21ClN2O5S. The second-order valence-corrected chi connectivity index (χ2v) is 9.46. The molecule has 5 rings (SSSR count). The van der Waals surface area contributed by atoms with Crippen molar-refractivity contribution in [2.45, 2.75) is 13.0 Å². The SMILES string of the molecule is CCOc1ccc2nc(N3C(=O)C(=O)C(=C(O)c4ccc(Cl)cc4)C3c3cccc(OC)c3)sc2c1. The summed E-state index contributed by atoms with van der Waals surface area (Å²) in [7, 11) is 1.53. The first-order chi connectivity index (χ1) is 17.4. The fourth-order valence-electron chi connectivity index (χ4n) is 4.17.